The van der Waals surface area contributed by atoms with E-state index in [1.807, 2.05) is 17.0 Å². The minimum Gasteiger partial charge on any atom is -0.393 e. The second-order valence-corrected chi connectivity index (χ2v) is 5.75. The number of hydrogen-bond donors (Lipinski definition) is 1. The van der Waals surface area contributed by atoms with E-state index in [0.29, 0.717) is 11.6 Å². The van der Waals surface area contributed by atoms with Crippen LogP contribution in [-0.4, -0.2) is 35.1 Å². The summed E-state index contributed by atoms with van der Waals surface area (Å²) < 4.78 is 0. The fourth-order valence-electron chi connectivity index (χ4n) is 2.45. The molecule has 3 nitrogen and oxygen atoms in total. The zero-order chi connectivity index (χ0) is 14.5. The minimum atomic E-state index is -0.356. The molecule has 1 aliphatic heterocycles. The predicted octanol–water partition coefficient (Wildman–Crippen LogP) is 2.97. The van der Waals surface area contributed by atoms with Gasteiger partial charge in [0.2, 0.25) is 5.91 Å². The van der Waals surface area contributed by atoms with E-state index in [1.54, 1.807) is 31.2 Å². The minimum absolute atomic E-state index is 0.00491. The molecular formula is C16H20ClNO2. The van der Waals surface area contributed by atoms with E-state index in [9.17, 15) is 9.90 Å². The standard InChI is InChI=1S/C16H20ClNO2/c1-12(19)14-3-2-10-18(11-14)16(20)9-6-13-4-7-15(17)8-5-13/h4-9,12,14,19H,2-3,10-11H2,1H3/b9-6+. The van der Waals surface area contributed by atoms with Crippen LogP contribution in [0.5, 0.6) is 0 Å². The van der Waals surface area contributed by atoms with Crippen LogP contribution in [0.3, 0.4) is 0 Å². The lowest BCUT2D eigenvalue weighted by molar-refractivity contribution is -0.128. The smallest absolute Gasteiger partial charge is 0.246 e. The number of nitrogens with zero attached hydrogens (tertiary/aromatic N) is 1. The largest absolute Gasteiger partial charge is 0.393 e. The molecule has 1 aromatic rings. The number of aliphatic hydroxyl groups excluding tert-OH is 1. The fourth-order valence-corrected chi connectivity index (χ4v) is 2.58. The van der Waals surface area contributed by atoms with Gasteiger partial charge in [-0.15, -0.1) is 0 Å². The lowest BCUT2D eigenvalue weighted by Crippen LogP contribution is -2.42. The Morgan fingerprint density at radius 2 is 2.15 bits per heavy atom. The van der Waals surface area contributed by atoms with E-state index < -0.39 is 0 Å². The van der Waals surface area contributed by atoms with Gasteiger partial charge in [-0.25, -0.2) is 0 Å². The topological polar surface area (TPSA) is 40.5 Å². The van der Waals surface area contributed by atoms with Gasteiger partial charge >= 0.3 is 0 Å². The van der Waals surface area contributed by atoms with Crippen molar-refractivity contribution >= 4 is 23.6 Å². The number of rotatable bonds is 3. The van der Waals surface area contributed by atoms with Crippen LogP contribution in [0.2, 0.25) is 5.02 Å². The molecule has 1 heterocycles. The maximum Gasteiger partial charge on any atom is 0.246 e. The molecule has 0 spiro atoms. The molecule has 0 aromatic heterocycles. The summed E-state index contributed by atoms with van der Waals surface area (Å²) in [6.45, 7) is 3.21. The Hall–Kier alpha value is -1.32. The van der Waals surface area contributed by atoms with Crippen molar-refractivity contribution in [3.63, 3.8) is 0 Å². The molecule has 2 rings (SSSR count). The first-order valence-electron chi connectivity index (χ1n) is 6.97. The number of benzene rings is 1. The van der Waals surface area contributed by atoms with Gasteiger partial charge in [0, 0.05) is 30.1 Å². The molecule has 0 aliphatic carbocycles. The zero-order valence-electron chi connectivity index (χ0n) is 11.6. The van der Waals surface area contributed by atoms with E-state index >= 15 is 0 Å². The molecule has 20 heavy (non-hydrogen) atoms. The molecule has 1 aliphatic rings. The Labute approximate surface area is 124 Å². The lowest BCUT2D eigenvalue weighted by atomic mass is 9.93. The van der Waals surface area contributed by atoms with Crippen molar-refractivity contribution in [1.82, 2.24) is 4.90 Å². The normalized spacial score (nSPS) is 21.1. The second-order valence-electron chi connectivity index (χ2n) is 5.31. The summed E-state index contributed by atoms with van der Waals surface area (Å²) in [6.07, 6.45) is 4.97. The Balaban J connectivity index is 1.95. The van der Waals surface area contributed by atoms with Crippen molar-refractivity contribution in [2.24, 2.45) is 5.92 Å². The summed E-state index contributed by atoms with van der Waals surface area (Å²) in [5.74, 6) is 0.196. The van der Waals surface area contributed by atoms with Crippen LogP contribution >= 0.6 is 11.6 Å². The molecular weight excluding hydrogens is 274 g/mol. The highest BCUT2D eigenvalue weighted by Gasteiger charge is 2.25. The Kier molecular flexibility index (Phi) is 5.21. The third-order valence-corrected chi connectivity index (χ3v) is 3.99. The summed E-state index contributed by atoms with van der Waals surface area (Å²) >= 11 is 5.82. The van der Waals surface area contributed by atoms with Crippen molar-refractivity contribution in [2.45, 2.75) is 25.9 Å². The van der Waals surface area contributed by atoms with Crippen LogP contribution in [0.25, 0.3) is 6.08 Å². The number of amides is 1. The zero-order valence-corrected chi connectivity index (χ0v) is 12.4. The number of hydrogen-bond acceptors (Lipinski definition) is 2. The van der Waals surface area contributed by atoms with Gasteiger partial charge in [-0.1, -0.05) is 23.7 Å². The van der Waals surface area contributed by atoms with Crippen LogP contribution < -0.4 is 0 Å². The fraction of sp³-hybridized carbons (Fsp3) is 0.438. The van der Waals surface area contributed by atoms with Crippen molar-refractivity contribution in [1.29, 1.82) is 0 Å². The first-order chi connectivity index (χ1) is 9.56. The third-order valence-electron chi connectivity index (χ3n) is 3.74. The van der Waals surface area contributed by atoms with Crippen LogP contribution in [0, 0.1) is 5.92 Å². The van der Waals surface area contributed by atoms with E-state index in [4.69, 9.17) is 11.6 Å². The van der Waals surface area contributed by atoms with E-state index in [1.165, 1.54) is 0 Å². The predicted molar refractivity (Wildman–Crippen MR) is 81.5 cm³/mol. The summed E-state index contributed by atoms with van der Waals surface area (Å²) in [5, 5.41) is 10.3. The van der Waals surface area contributed by atoms with Crippen LogP contribution in [-0.2, 0) is 4.79 Å². The van der Waals surface area contributed by atoms with E-state index in [0.717, 1.165) is 24.9 Å². The highest BCUT2D eigenvalue weighted by atomic mass is 35.5. The molecule has 1 fully saturated rings. The number of aliphatic hydroxyl groups is 1. The molecule has 2 unspecified atom stereocenters. The van der Waals surface area contributed by atoms with Crippen molar-refractivity contribution < 1.29 is 9.90 Å². The molecule has 1 aromatic carbocycles. The SMILES string of the molecule is CC(O)C1CCCN(C(=O)/C=C/c2ccc(Cl)cc2)C1. The summed E-state index contributed by atoms with van der Waals surface area (Å²) in [6, 6.07) is 7.36. The van der Waals surface area contributed by atoms with Crippen LogP contribution in [0.4, 0.5) is 0 Å². The molecule has 1 amide bonds. The summed E-state index contributed by atoms with van der Waals surface area (Å²) in [5.41, 5.74) is 0.951. The quantitative estimate of drug-likeness (QED) is 0.871. The van der Waals surface area contributed by atoms with E-state index in [2.05, 4.69) is 0 Å². The van der Waals surface area contributed by atoms with Gasteiger partial charge in [0.05, 0.1) is 6.10 Å². The highest BCUT2D eigenvalue weighted by Crippen LogP contribution is 2.20. The third kappa shape index (κ3) is 4.09. The van der Waals surface area contributed by atoms with Gasteiger partial charge in [-0.3, -0.25) is 4.79 Å². The number of likely N-dealkylation sites (tertiary alicyclic amines) is 1. The van der Waals surface area contributed by atoms with Gasteiger partial charge in [0.15, 0.2) is 0 Å². The lowest BCUT2D eigenvalue weighted by Gasteiger charge is -2.33. The summed E-state index contributed by atoms with van der Waals surface area (Å²) in [4.78, 5) is 14.0. The maximum atomic E-state index is 12.1. The first kappa shape index (κ1) is 15.1. The monoisotopic (exact) mass is 293 g/mol. The Morgan fingerprint density at radius 3 is 2.80 bits per heavy atom. The average molecular weight is 294 g/mol. The van der Waals surface area contributed by atoms with E-state index in [-0.39, 0.29) is 17.9 Å². The Morgan fingerprint density at radius 1 is 1.45 bits per heavy atom. The number of carbonyl (C=O) groups excluding carboxylic acids is 1. The van der Waals surface area contributed by atoms with Gasteiger partial charge in [-0.2, -0.15) is 0 Å². The molecule has 0 saturated carbocycles. The molecule has 0 radical (unpaired) electrons. The molecule has 1 saturated heterocycles. The Bertz CT molecular complexity index is 482. The molecule has 0 bridgehead atoms. The van der Waals surface area contributed by atoms with Gasteiger partial charge in [0.1, 0.15) is 0 Å². The van der Waals surface area contributed by atoms with Crippen molar-refractivity contribution in [2.75, 3.05) is 13.1 Å². The molecule has 1 N–H and O–H groups in total. The second kappa shape index (κ2) is 6.91. The summed E-state index contributed by atoms with van der Waals surface area (Å²) in [7, 11) is 0. The maximum absolute atomic E-state index is 12.1. The van der Waals surface area contributed by atoms with Crippen molar-refractivity contribution in [3.8, 4) is 0 Å². The van der Waals surface area contributed by atoms with Gasteiger partial charge < -0.3 is 10.0 Å². The average Bonchev–Trinajstić information content (AvgIpc) is 2.46. The number of piperidine rings is 1. The van der Waals surface area contributed by atoms with Crippen LogP contribution in [0.15, 0.2) is 30.3 Å². The molecule has 4 heteroatoms. The number of halogens is 1. The van der Waals surface area contributed by atoms with Gasteiger partial charge in [-0.05, 0) is 43.5 Å². The number of carbonyl (C=O) groups is 1. The first-order valence-corrected chi connectivity index (χ1v) is 7.34. The van der Waals surface area contributed by atoms with Crippen molar-refractivity contribution in [3.05, 3.63) is 40.9 Å². The van der Waals surface area contributed by atoms with Gasteiger partial charge in [0.25, 0.3) is 0 Å². The molecule has 2 atom stereocenters. The highest BCUT2D eigenvalue weighted by molar-refractivity contribution is 6.30. The molecule has 108 valence electrons. The van der Waals surface area contributed by atoms with Crippen LogP contribution in [0.1, 0.15) is 25.3 Å².